The fraction of sp³-hybridized carbons (Fsp3) is 0.167. The Balaban J connectivity index is 0.000000195. The summed E-state index contributed by atoms with van der Waals surface area (Å²) in [5.74, 6) is -0.0278. The average molecular weight is 1420 g/mol. The Morgan fingerprint density at radius 1 is 0.485 bits per heavy atom. The van der Waals surface area contributed by atoms with Crippen molar-refractivity contribution < 1.29 is 25.3 Å². The van der Waals surface area contributed by atoms with Crippen LogP contribution in [0, 0.1) is 34.6 Å². The van der Waals surface area contributed by atoms with Gasteiger partial charge in [0.05, 0.1) is 50.8 Å². The number of hydrogen-bond acceptors (Lipinski definition) is 16. The van der Waals surface area contributed by atoms with Crippen LogP contribution in [-0.4, -0.2) is 73.6 Å². The zero-order valence-corrected chi connectivity index (χ0v) is 57.4. The summed E-state index contributed by atoms with van der Waals surface area (Å²) in [6, 6.07) is 37.4. The third-order valence-corrected chi connectivity index (χ3v) is 16.1. The number of aromatic carboxylic acids is 1. The Labute approximate surface area is 590 Å². The molecule has 0 radical (unpaired) electrons. The Morgan fingerprint density at radius 3 is 1.16 bits per heavy atom. The number of nitrogens with two attached hydrogens (primary N) is 4. The van der Waals surface area contributed by atoms with Crippen molar-refractivity contribution in [3.05, 3.63) is 295 Å². The zero-order chi connectivity index (χ0) is 71.6. The van der Waals surface area contributed by atoms with Crippen molar-refractivity contribution in [2.75, 3.05) is 24.4 Å². The lowest BCUT2D eigenvalue weighted by Crippen LogP contribution is -2.25. The normalized spacial score (nSPS) is 10.7. The molecular formula is C72H70Cl4FN15O7. The van der Waals surface area contributed by atoms with E-state index in [1.807, 2.05) is 52.8 Å². The topological polar surface area (TPSA) is 343 Å². The van der Waals surface area contributed by atoms with Crippen LogP contribution in [0.3, 0.4) is 0 Å². The second kappa shape index (κ2) is 34.8. The molecule has 27 heteroatoms. The monoisotopic (exact) mass is 1420 g/mol. The molecule has 12 aromatic rings. The Bertz CT molecular complexity index is 4920. The highest BCUT2D eigenvalue weighted by molar-refractivity contribution is 6.32. The van der Waals surface area contributed by atoms with Crippen LogP contribution in [0.2, 0.25) is 15.1 Å². The van der Waals surface area contributed by atoms with Crippen LogP contribution in [0.4, 0.5) is 21.8 Å². The smallest absolute Gasteiger partial charge is 0.335 e. The summed E-state index contributed by atoms with van der Waals surface area (Å²) in [4.78, 5) is 98.9. The minimum atomic E-state index is -1.03. The molecule has 22 nitrogen and oxygen atoms in total. The largest absolute Gasteiger partial charge is 0.478 e. The first-order valence-electron chi connectivity index (χ1n) is 30.7. The summed E-state index contributed by atoms with van der Waals surface area (Å²) in [7, 11) is -1.00. The van der Waals surface area contributed by atoms with E-state index in [4.69, 9.17) is 64.2 Å². The quantitative estimate of drug-likeness (QED) is 0.0532. The van der Waals surface area contributed by atoms with E-state index in [0.717, 1.165) is 77.2 Å². The molecule has 0 unspecified atom stereocenters. The van der Waals surface area contributed by atoms with Gasteiger partial charge in [0.25, 0.3) is 28.5 Å². The number of alkyl halides is 1. The van der Waals surface area contributed by atoms with Crippen LogP contribution in [0.25, 0.3) is 32.3 Å². The number of pyridine rings is 9. The molecule has 0 spiro atoms. The third-order valence-electron chi connectivity index (χ3n) is 15.4. The highest BCUT2D eigenvalue weighted by atomic mass is 35.5. The molecule has 0 aliphatic carbocycles. The van der Waals surface area contributed by atoms with Crippen molar-refractivity contribution in [3.8, 4) is 0 Å². The van der Waals surface area contributed by atoms with E-state index < -0.39 is 13.1 Å². The van der Waals surface area contributed by atoms with E-state index in [1.54, 1.807) is 137 Å². The molecule has 9 aromatic heterocycles. The number of fused-ring (bicyclic) bond motifs is 3. The van der Waals surface area contributed by atoms with Crippen LogP contribution >= 0.6 is 47.2 Å². The fourth-order valence-electron chi connectivity index (χ4n) is 10.4. The number of rotatable bonds is 14. The second-order valence-corrected chi connectivity index (χ2v) is 23.7. The van der Waals surface area contributed by atoms with Crippen LogP contribution in [0.15, 0.2) is 185 Å². The van der Waals surface area contributed by atoms with Crippen molar-refractivity contribution in [1.82, 2.24) is 54.2 Å². The van der Waals surface area contributed by atoms with Gasteiger partial charge in [-0.2, -0.15) is 0 Å². The molecule has 12 rings (SSSR count). The number of carboxylic acids is 1. The number of nitrogens with zero attached hydrogens (tertiary/aromatic N) is 9. The molecule has 0 fully saturated rings. The van der Waals surface area contributed by atoms with Gasteiger partial charge in [-0.15, -0.1) is 12.4 Å². The number of nitrogen functional groups attached to an aromatic ring is 3. The molecule has 0 aliphatic rings. The maximum absolute atomic E-state index is 12.7. The molecule has 0 atom stereocenters. The van der Waals surface area contributed by atoms with Crippen LogP contribution in [0.5, 0.6) is 0 Å². The number of amides is 2. The summed E-state index contributed by atoms with van der Waals surface area (Å²) in [6.45, 7) is 11.4. The van der Waals surface area contributed by atoms with Crippen molar-refractivity contribution in [1.29, 1.82) is 0 Å². The van der Waals surface area contributed by atoms with Crippen LogP contribution in [-0.2, 0) is 39.3 Å². The molecule has 0 saturated carbocycles. The average Bonchev–Trinajstić information content (AvgIpc) is 0.813. The molecule has 11 N–H and O–H groups in total. The lowest BCUT2D eigenvalue weighted by atomic mass is 10.1. The van der Waals surface area contributed by atoms with E-state index in [-0.39, 0.29) is 66.1 Å². The molecule has 0 aliphatic heterocycles. The summed E-state index contributed by atoms with van der Waals surface area (Å²) >= 11 is 18.1. The summed E-state index contributed by atoms with van der Waals surface area (Å²) in [6.07, 6.45) is 9.73. The standard InChI is InChI=1S/2C24H22ClN5O2.C16H11ClN2O3.C7H11N3.CH3F.ClH/c2*1-14-7-22(26)29-15(2)21(14)11-28-24(32)17-5-6-27-20(9-17)13-30-12-18-8-19(25)4-3-16(18)10-23(30)31;17-13-2-1-10-7-15(20)19(8-12(10)5-13)9-14-6-11(16(21)22)3-4-18-14;1-5-6(4-8)2-3-7(9)10-5;1-2;/h2*3-10,12H,11,13H2,1-2H3,(H2,26,29)(H,28,32);1-8H,9H2,(H,21,22);2-3H,4,8H2,1H3,(H2,9,10);1H3;1H/i;;;;1D;. The van der Waals surface area contributed by atoms with Crippen LogP contribution in [0.1, 0.15) is 94.4 Å². The molecule has 510 valence electrons. The Hall–Kier alpha value is -11.0. The molecular weight excluding hydrogens is 1350 g/mol. The second-order valence-electron chi connectivity index (χ2n) is 22.4. The predicted molar refractivity (Wildman–Crippen MR) is 391 cm³/mol. The third kappa shape index (κ3) is 20.5. The van der Waals surface area contributed by atoms with Crippen LogP contribution < -0.4 is 50.2 Å². The minimum absolute atomic E-state index is 0. The van der Waals surface area contributed by atoms with Gasteiger partial charge in [0.15, 0.2) is 0 Å². The number of anilines is 3. The number of carbonyl (C=O) groups excluding carboxylic acids is 2. The van der Waals surface area contributed by atoms with Gasteiger partial charge in [0, 0.05) is 118 Å². The fourth-order valence-corrected chi connectivity index (χ4v) is 10.9. The number of nitrogens with one attached hydrogen (secondary N) is 2. The van der Waals surface area contributed by atoms with Gasteiger partial charge in [-0.05, 0) is 186 Å². The molecule has 0 bridgehead atoms. The van der Waals surface area contributed by atoms with Crippen molar-refractivity contribution >= 4 is 115 Å². The van der Waals surface area contributed by atoms with Gasteiger partial charge in [0.2, 0.25) is 0 Å². The van der Waals surface area contributed by atoms with Gasteiger partial charge < -0.3 is 52.4 Å². The van der Waals surface area contributed by atoms with E-state index in [2.05, 4.69) is 40.5 Å². The molecule has 3 aromatic carbocycles. The summed E-state index contributed by atoms with van der Waals surface area (Å²) < 4.78 is 20.1. The number of aromatic nitrogens is 9. The van der Waals surface area contributed by atoms with E-state index >= 15 is 0 Å². The number of carbonyl (C=O) groups is 3. The first kappa shape index (κ1) is 73.9. The number of benzene rings is 3. The van der Waals surface area contributed by atoms with Crippen molar-refractivity contribution in [2.24, 2.45) is 5.73 Å². The molecule has 99 heavy (non-hydrogen) atoms. The SMILES string of the molecule is Cc1cc(N)nc(C)c1CNC(=O)c1ccnc(Cn2cc3cc(Cl)ccc3cc2=O)c1.Cc1cc(N)nc(C)c1CNC(=O)c1ccnc(Cn2cc3cc(Cl)ccc3cc2=O)c1.Cc1nc(N)ccc1CN.Cl.O=C(O)c1ccnc(Cn2cc3cc(Cl)ccc3cc2=O)c1.[2H]CF. The predicted octanol–water partition coefficient (Wildman–Crippen LogP) is 11.5. The number of carboxylic acid groups (broad SMARTS) is 1. The van der Waals surface area contributed by atoms with Crippen molar-refractivity contribution in [3.63, 3.8) is 0 Å². The Morgan fingerprint density at radius 2 is 0.828 bits per heavy atom. The molecule has 0 saturated heterocycles. The number of aryl methyl sites for hydroxylation is 5. The van der Waals surface area contributed by atoms with Gasteiger partial charge in [-0.1, -0.05) is 59.1 Å². The van der Waals surface area contributed by atoms with Crippen molar-refractivity contribution in [2.45, 2.75) is 73.9 Å². The molecule has 2 amide bonds. The van der Waals surface area contributed by atoms with E-state index in [9.17, 15) is 33.2 Å². The first-order valence-corrected chi connectivity index (χ1v) is 31.2. The maximum Gasteiger partial charge on any atom is 0.335 e. The summed E-state index contributed by atoms with van der Waals surface area (Å²) in [5.41, 5.74) is 32.0. The van der Waals surface area contributed by atoms with Gasteiger partial charge in [-0.25, -0.2) is 19.7 Å². The lowest BCUT2D eigenvalue weighted by molar-refractivity contribution is 0.0695. The highest BCUT2D eigenvalue weighted by Crippen LogP contribution is 2.22. The minimum Gasteiger partial charge on any atom is -0.478 e. The maximum atomic E-state index is 12.7. The van der Waals surface area contributed by atoms with Gasteiger partial charge >= 0.3 is 5.97 Å². The van der Waals surface area contributed by atoms with E-state index in [1.165, 1.54) is 29.0 Å². The molecule has 9 heterocycles. The van der Waals surface area contributed by atoms with Gasteiger partial charge in [-0.3, -0.25) is 43.3 Å². The number of halogens is 5. The Kier molecular flexibility index (Phi) is 26.0. The van der Waals surface area contributed by atoms with Gasteiger partial charge in [0.1, 0.15) is 17.5 Å². The summed E-state index contributed by atoms with van der Waals surface area (Å²) in [5, 5.41) is 21.6. The first-order chi connectivity index (χ1) is 47.3. The number of hydrogen-bond donors (Lipinski definition) is 7. The zero-order valence-electron chi connectivity index (χ0n) is 55.3. The lowest BCUT2D eigenvalue weighted by Gasteiger charge is -2.12. The highest BCUT2D eigenvalue weighted by Gasteiger charge is 2.15. The van der Waals surface area contributed by atoms with E-state index in [0.29, 0.717) is 80.4 Å².